The van der Waals surface area contributed by atoms with Gasteiger partial charge in [0.1, 0.15) is 42.9 Å². The molecule has 0 spiro atoms. The lowest BCUT2D eigenvalue weighted by Gasteiger charge is -2.35. The Kier molecular flexibility index (Phi) is 15.4. The highest BCUT2D eigenvalue weighted by molar-refractivity contribution is 6.69. The minimum Gasteiger partial charge on any atom is -0.463 e. The number of amidine groups is 1. The number of esters is 2. The lowest BCUT2D eigenvalue weighted by molar-refractivity contribution is -0.164. The smallest absolute Gasteiger partial charge is 0.408 e. The predicted molar refractivity (Wildman–Crippen MR) is 209 cm³/mol. The van der Waals surface area contributed by atoms with E-state index in [4.69, 9.17) is 28.8 Å². The van der Waals surface area contributed by atoms with E-state index >= 15 is 0 Å². The normalized spacial score (nSPS) is 22.8. The van der Waals surface area contributed by atoms with Crippen LogP contribution in [0.4, 0.5) is 4.79 Å². The van der Waals surface area contributed by atoms with Crippen LogP contribution < -0.4 is 10.6 Å². The molecule has 0 aromatic carbocycles. The van der Waals surface area contributed by atoms with E-state index in [1.165, 1.54) is 0 Å². The molecule has 5 atom stereocenters. The molecule has 1 aliphatic heterocycles. The van der Waals surface area contributed by atoms with Crippen LogP contribution in [-0.4, -0.2) is 86.0 Å². The van der Waals surface area contributed by atoms with Crippen molar-refractivity contribution >= 4 is 44.4 Å². The molecule has 1 saturated heterocycles. The van der Waals surface area contributed by atoms with E-state index < -0.39 is 67.3 Å². The molecular weight excluding hydrogens is 725 g/mol. The van der Waals surface area contributed by atoms with E-state index in [0.717, 1.165) is 32.0 Å². The van der Waals surface area contributed by atoms with Gasteiger partial charge in [0.25, 0.3) is 0 Å². The van der Waals surface area contributed by atoms with Crippen molar-refractivity contribution in [1.29, 1.82) is 10.7 Å². The number of nitriles is 1. The van der Waals surface area contributed by atoms with E-state index in [1.54, 1.807) is 53.7 Å². The first-order chi connectivity index (χ1) is 25.6. The van der Waals surface area contributed by atoms with Crippen molar-refractivity contribution in [2.45, 2.75) is 156 Å². The van der Waals surface area contributed by atoms with Gasteiger partial charge in [0, 0.05) is 12.3 Å². The summed E-state index contributed by atoms with van der Waals surface area (Å²) >= 11 is 0. The summed E-state index contributed by atoms with van der Waals surface area (Å²) in [5.41, 5.74) is -3.15. The van der Waals surface area contributed by atoms with Gasteiger partial charge >= 0.3 is 18.0 Å². The first-order valence-corrected chi connectivity index (χ1v) is 22.7. The monoisotopic (exact) mass is 786 g/mol. The first-order valence-electron chi connectivity index (χ1n) is 19.3. The number of aliphatic imine (C=N–C) groups is 1. The van der Waals surface area contributed by atoms with Crippen molar-refractivity contribution in [2.75, 3.05) is 6.61 Å². The topological polar surface area (TPSA) is 214 Å². The second-order valence-electron chi connectivity index (χ2n) is 17.4. The molecule has 1 unspecified atom stereocenters. The van der Waals surface area contributed by atoms with Crippen LogP contribution in [0.2, 0.25) is 19.6 Å². The number of ether oxygens (including phenoxy) is 4. The van der Waals surface area contributed by atoms with Gasteiger partial charge in [-0.15, -0.1) is 0 Å². The average molecular weight is 787 g/mol. The molecule has 55 heavy (non-hydrogen) atoms. The summed E-state index contributed by atoms with van der Waals surface area (Å²) in [7, 11) is -2.58. The van der Waals surface area contributed by atoms with Crippen molar-refractivity contribution in [1.82, 2.24) is 15.6 Å². The van der Waals surface area contributed by atoms with E-state index in [9.17, 15) is 24.4 Å². The predicted octanol–water partition coefficient (Wildman–Crippen LogP) is 6.23. The molecule has 3 rings (SSSR count). The number of aromatic amines is 1. The molecule has 4 N–H and O–H groups in total. The van der Waals surface area contributed by atoms with Gasteiger partial charge in [-0.05, 0) is 89.6 Å². The standard InChI is InChI=1S/C39H62N6O9Si/c1-12-25(13-2)34(47)45-33(42-23-41)26-18-19-28(43-26)39(22-40)32(54-55(9,10)11)30(27(52-39)21-50-29(46)20-24-16-14-15-17-24)51-35(48)31(37(3,4)5)44-36(49)53-38(6,7)8/h18-19,23-25,27,30-32,43H,12-17,20-21H2,1-11H3,(H,44,49)(H2,41,42,45,47)/t27-,30-,31+,32?,39+/m1/s1. The van der Waals surface area contributed by atoms with Crippen molar-refractivity contribution in [2.24, 2.45) is 22.2 Å². The molecule has 2 aliphatic rings. The second kappa shape index (κ2) is 18.7. The summed E-state index contributed by atoms with van der Waals surface area (Å²) in [6, 6.07) is 4.25. The van der Waals surface area contributed by atoms with Gasteiger partial charge in [0.05, 0.1) is 11.4 Å². The van der Waals surface area contributed by atoms with E-state index in [2.05, 4.69) is 26.7 Å². The zero-order valence-electron chi connectivity index (χ0n) is 34.4. The highest BCUT2D eigenvalue weighted by Gasteiger charge is 2.62. The van der Waals surface area contributed by atoms with Crippen LogP contribution in [0.5, 0.6) is 0 Å². The molecule has 1 aromatic heterocycles. The molecule has 16 heteroatoms. The Morgan fingerprint density at radius 2 is 1.75 bits per heavy atom. The maximum absolute atomic E-state index is 14.2. The molecule has 1 aromatic rings. The van der Waals surface area contributed by atoms with Crippen LogP contribution in [0.1, 0.15) is 112 Å². The van der Waals surface area contributed by atoms with Gasteiger partial charge < -0.3 is 39.0 Å². The third-order valence-corrected chi connectivity index (χ3v) is 10.5. The molecule has 15 nitrogen and oxygen atoms in total. The molecule has 1 saturated carbocycles. The maximum atomic E-state index is 14.2. The van der Waals surface area contributed by atoms with Gasteiger partial charge in [-0.2, -0.15) is 5.26 Å². The van der Waals surface area contributed by atoms with Gasteiger partial charge in [-0.1, -0.05) is 47.5 Å². The molecule has 1 aliphatic carbocycles. The minimum absolute atomic E-state index is 0.0634. The van der Waals surface area contributed by atoms with Crippen molar-refractivity contribution < 1.29 is 42.6 Å². The molecule has 0 bridgehead atoms. The Hall–Kier alpha value is -4.07. The summed E-state index contributed by atoms with van der Waals surface area (Å²) in [6.45, 7) is 19.6. The number of hydrogen-bond acceptors (Lipinski definition) is 11. The summed E-state index contributed by atoms with van der Waals surface area (Å²) in [5, 5.41) is 24.1. The number of hydrogen-bond donors (Lipinski definition) is 4. The average Bonchev–Trinajstić information content (AvgIpc) is 3.82. The zero-order chi connectivity index (χ0) is 41.4. The van der Waals surface area contributed by atoms with E-state index in [1.807, 2.05) is 33.5 Å². The van der Waals surface area contributed by atoms with Crippen molar-refractivity contribution in [3.8, 4) is 6.07 Å². The lowest BCUT2D eigenvalue weighted by Crippen LogP contribution is -2.54. The summed E-state index contributed by atoms with van der Waals surface area (Å²) in [6.07, 6.45) is 1.71. The first kappa shape index (κ1) is 45.3. The second-order valence-corrected chi connectivity index (χ2v) is 21.9. The fourth-order valence-electron chi connectivity index (χ4n) is 6.77. The number of amides is 2. The van der Waals surface area contributed by atoms with Crippen LogP contribution in [0.25, 0.3) is 0 Å². The molecule has 2 fully saturated rings. The largest absolute Gasteiger partial charge is 0.463 e. The Morgan fingerprint density at radius 1 is 1.11 bits per heavy atom. The summed E-state index contributed by atoms with van der Waals surface area (Å²) < 4.78 is 30.7. The number of carbonyl (C=O) groups excluding carboxylic acids is 4. The zero-order valence-corrected chi connectivity index (χ0v) is 35.4. The van der Waals surface area contributed by atoms with Gasteiger partial charge in [0.2, 0.25) is 11.5 Å². The number of rotatable bonds is 15. The molecular formula is C39H62N6O9Si. The lowest BCUT2D eigenvalue weighted by atomic mass is 9.86. The highest BCUT2D eigenvalue weighted by Crippen LogP contribution is 2.44. The number of nitrogens with zero attached hydrogens (tertiary/aromatic N) is 2. The Labute approximate surface area is 326 Å². The number of aromatic nitrogens is 1. The quantitative estimate of drug-likeness (QED) is 0.0517. The van der Waals surface area contributed by atoms with Crippen LogP contribution in [0.15, 0.2) is 17.1 Å². The molecule has 0 radical (unpaired) electrons. The van der Waals surface area contributed by atoms with Crippen molar-refractivity contribution in [3.05, 3.63) is 23.5 Å². The number of H-pyrrole nitrogens is 1. The molecule has 306 valence electrons. The number of alkyl carbamates (subject to hydrolysis) is 1. The number of carbonyl (C=O) groups is 4. The number of nitrogens with one attached hydrogen (secondary N) is 4. The van der Waals surface area contributed by atoms with Crippen LogP contribution in [-0.2, 0) is 43.4 Å². The Balaban J connectivity index is 2.10. The van der Waals surface area contributed by atoms with E-state index in [0.29, 0.717) is 12.8 Å². The fourth-order valence-corrected chi connectivity index (χ4v) is 7.83. The van der Waals surface area contributed by atoms with Gasteiger partial charge in [0.15, 0.2) is 20.3 Å². The van der Waals surface area contributed by atoms with E-state index in [-0.39, 0.29) is 48.0 Å². The van der Waals surface area contributed by atoms with Crippen LogP contribution in [0.3, 0.4) is 0 Å². The van der Waals surface area contributed by atoms with Gasteiger partial charge in [-0.3, -0.25) is 15.0 Å². The third-order valence-electron chi connectivity index (χ3n) is 9.54. The SMILES string of the molecule is CCC(CC)C(=O)N/C(=N/C=N)c1ccc([C@]2(C#N)O[C@H](COC(=O)CC3CCCC3)[C@@H](OC(=O)[C@H](NC(=O)OC(C)(C)C)C(C)(C)C)C2O[Si](C)(C)C)[nH]1. The molecule has 2 amide bonds. The van der Waals surface area contributed by atoms with Gasteiger partial charge in [-0.25, -0.2) is 14.6 Å². The van der Waals surface area contributed by atoms with Crippen LogP contribution >= 0.6 is 0 Å². The maximum Gasteiger partial charge on any atom is 0.408 e. The fraction of sp³-hybridized carbons (Fsp3) is 0.718. The summed E-state index contributed by atoms with van der Waals surface area (Å²) in [5.74, 6) is -1.53. The Morgan fingerprint density at radius 3 is 2.27 bits per heavy atom. The van der Waals surface area contributed by atoms with Crippen LogP contribution in [0, 0.1) is 34.0 Å². The van der Waals surface area contributed by atoms with Crippen molar-refractivity contribution in [3.63, 3.8) is 0 Å². The summed E-state index contributed by atoms with van der Waals surface area (Å²) in [4.78, 5) is 60.5. The Bertz CT molecular complexity index is 1590. The third kappa shape index (κ3) is 12.5. The highest BCUT2D eigenvalue weighted by atomic mass is 28.4. The minimum atomic E-state index is -2.58. The molecule has 2 heterocycles.